The highest BCUT2D eigenvalue weighted by Gasteiger charge is 2.23. The lowest BCUT2D eigenvalue weighted by molar-refractivity contribution is 0.0663. The van der Waals surface area contributed by atoms with Crippen LogP contribution in [0.5, 0.6) is 0 Å². The number of amides is 1. The number of piperazine rings is 1. The van der Waals surface area contributed by atoms with E-state index in [0.29, 0.717) is 12.0 Å². The molecule has 40 heavy (non-hydrogen) atoms. The molecule has 8 nitrogen and oxygen atoms in total. The summed E-state index contributed by atoms with van der Waals surface area (Å²) in [6.07, 6.45) is 14.3. The molecule has 4 aromatic rings. The number of hydrogen-bond acceptors (Lipinski definition) is 6. The Labute approximate surface area is 233 Å². The van der Waals surface area contributed by atoms with Gasteiger partial charge in [0.2, 0.25) is 0 Å². The zero-order chi connectivity index (χ0) is 27.9. The zero-order valence-electron chi connectivity index (χ0n) is 23.0. The zero-order valence-corrected chi connectivity index (χ0v) is 23.0. The number of likely N-dealkylation sites (N-methyl/N-ethyl adjacent to an activating group) is 1. The van der Waals surface area contributed by atoms with Crippen LogP contribution in [-0.2, 0) is 0 Å². The van der Waals surface area contributed by atoms with Crippen molar-refractivity contribution in [2.45, 2.75) is 20.3 Å². The van der Waals surface area contributed by atoms with Crippen molar-refractivity contribution < 1.29 is 4.79 Å². The predicted octanol–water partition coefficient (Wildman–Crippen LogP) is 5.38. The topological polar surface area (TPSA) is 102 Å². The van der Waals surface area contributed by atoms with Crippen LogP contribution in [-0.4, -0.2) is 69.1 Å². The Balaban J connectivity index is 1.38. The van der Waals surface area contributed by atoms with Gasteiger partial charge in [-0.3, -0.25) is 19.9 Å². The van der Waals surface area contributed by atoms with Gasteiger partial charge in [-0.25, -0.2) is 0 Å². The summed E-state index contributed by atoms with van der Waals surface area (Å²) in [6, 6.07) is 10.5. The number of nitrogens with zero attached hydrogens (tertiary/aromatic N) is 6. The third kappa shape index (κ3) is 4.69. The lowest BCUT2D eigenvalue weighted by atomic mass is 9.85. The molecule has 0 atom stereocenters. The van der Waals surface area contributed by atoms with Gasteiger partial charge in [-0.2, -0.15) is 10.4 Å². The summed E-state index contributed by atoms with van der Waals surface area (Å²) in [7, 11) is 2.08. The smallest absolute Gasteiger partial charge is 0.255 e. The van der Waals surface area contributed by atoms with Crippen molar-refractivity contribution in [3.63, 3.8) is 0 Å². The Morgan fingerprint density at radius 1 is 1.02 bits per heavy atom. The second kappa shape index (κ2) is 10.2. The van der Waals surface area contributed by atoms with Crippen LogP contribution in [0.3, 0.4) is 0 Å². The number of nitrogens with one attached hydrogen (secondary N) is 1. The van der Waals surface area contributed by atoms with E-state index in [2.05, 4.69) is 56.4 Å². The third-order valence-electron chi connectivity index (χ3n) is 7.89. The monoisotopic (exact) mass is 529 g/mol. The molecule has 2 aliphatic rings. The normalized spacial score (nSPS) is 16.5. The van der Waals surface area contributed by atoms with Crippen LogP contribution in [0.4, 0.5) is 0 Å². The van der Waals surface area contributed by atoms with E-state index in [1.54, 1.807) is 12.4 Å². The molecule has 0 bridgehead atoms. The number of allylic oxidation sites excluding steroid dienone is 6. The minimum Gasteiger partial charge on any atom is -0.336 e. The molecular weight excluding hydrogens is 498 g/mol. The van der Waals surface area contributed by atoms with E-state index < -0.39 is 5.41 Å². The Kier molecular flexibility index (Phi) is 6.53. The minimum absolute atomic E-state index is 0.0176. The molecule has 1 fully saturated rings. The molecule has 0 radical (unpaired) electrons. The van der Waals surface area contributed by atoms with Gasteiger partial charge in [0, 0.05) is 54.9 Å². The molecule has 1 saturated heterocycles. The molecule has 8 heteroatoms. The van der Waals surface area contributed by atoms with E-state index in [-0.39, 0.29) is 5.91 Å². The molecule has 1 aliphatic heterocycles. The number of rotatable bonds is 4. The standard InChI is InChI=1S/C32H31N7O/c1-32(2,20-33)25-6-4-5-21(7-9-25)30-29-26-16-22(8-10-27(26)35-19-28(29)36-37-30)23-15-24(18-34-17-23)31(40)39-13-11-38(3)12-14-39/h5-10,15-19H,4,11-14H2,1-3H3,(H,36,37). The van der Waals surface area contributed by atoms with Crippen LogP contribution < -0.4 is 0 Å². The predicted molar refractivity (Wildman–Crippen MR) is 157 cm³/mol. The fraction of sp³-hybridized carbons (Fsp3) is 0.281. The molecule has 0 saturated carbocycles. The number of H-pyrrole nitrogens is 1. The molecule has 1 N–H and O–H groups in total. The quantitative estimate of drug-likeness (QED) is 0.381. The number of carbonyl (C=O) groups excluding carboxylic acids is 1. The lowest BCUT2D eigenvalue weighted by Gasteiger charge is -2.32. The molecule has 6 rings (SSSR count). The average Bonchev–Trinajstić information content (AvgIpc) is 3.26. The summed E-state index contributed by atoms with van der Waals surface area (Å²) in [5.41, 5.74) is 6.41. The highest BCUT2D eigenvalue weighted by atomic mass is 16.2. The summed E-state index contributed by atoms with van der Waals surface area (Å²) >= 11 is 0. The molecule has 3 aromatic heterocycles. The number of fused-ring (bicyclic) bond motifs is 3. The van der Waals surface area contributed by atoms with Gasteiger partial charge < -0.3 is 9.80 Å². The fourth-order valence-electron chi connectivity index (χ4n) is 5.33. The molecule has 4 heterocycles. The summed E-state index contributed by atoms with van der Waals surface area (Å²) in [4.78, 5) is 26.4. The Morgan fingerprint density at radius 3 is 2.65 bits per heavy atom. The fourth-order valence-corrected chi connectivity index (χ4v) is 5.33. The van der Waals surface area contributed by atoms with Crippen LogP contribution in [0.15, 0.2) is 72.7 Å². The van der Waals surface area contributed by atoms with Gasteiger partial charge in [-0.15, -0.1) is 0 Å². The molecule has 1 aliphatic carbocycles. The number of hydrogen-bond donors (Lipinski definition) is 1. The van der Waals surface area contributed by atoms with Gasteiger partial charge in [0.25, 0.3) is 5.91 Å². The first kappa shape index (κ1) is 25.7. The van der Waals surface area contributed by atoms with Crippen LogP contribution in [0, 0.1) is 16.7 Å². The van der Waals surface area contributed by atoms with Gasteiger partial charge in [0.1, 0.15) is 5.69 Å². The van der Waals surface area contributed by atoms with Gasteiger partial charge in [0.05, 0.1) is 34.3 Å². The van der Waals surface area contributed by atoms with Gasteiger partial charge >= 0.3 is 0 Å². The first-order valence-electron chi connectivity index (χ1n) is 13.5. The maximum absolute atomic E-state index is 13.2. The highest BCUT2D eigenvalue weighted by Crippen LogP contribution is 2.35. The largest absolute Gasteiger partial charge is 0.336 e. The Hall–Kier alpha value is -4.61. The van der Waals surface area contributed by atoms with E-state index in [1.165, 1.54) is 0 Å². The molecular formula is C32H31N7O. The van der Waals surface area contributed by atoms with E-state index in [1.807, 2.05) is 55.3 Å². The van der Waals surface area contributed by atoms with E-state index in [9.17, 15) is 10.1 Å². The van der Waals surface area contributed by atoms with Crippen molar-refractivity contribution >= 4 is 33.3 Å². The highest BCUT2D eigenvalue weighted by molar-refractivity contribution is 6.10. The molecule has 0 spiro atoms. The van der Waals surface area contributed by atoms with Crippen LogP contribution in [0.2, 0.25) is 0 Å². The van der Waals surface area contributed by atoms with Crippen LogP contribution in [0.25, 0.3) is 38.5 Å². The van der Waals surface area contributed by atoms with Crippen molar-refractivity contribution in [3.8, 4) is 17.2 Å². The van der Waals surface area contributed by atoms with Gasteiger partial charge in [-0.05, 0) is 62.2 Å². The lowest BCUT2D eigenvalue weighted by Crippen LogP contribution is -2.47. The van der Waals surface area contributed by atoms with Crippen LogP contribution in [0.1, 0.15) is 36.3 Å². The second-order valence-electron chi connectivity index (χ2n) is 11.0. The number of carbonyl (C=O) groups is 1. The van der Waals surface area contributed by atoms with Gasteiger partial charge in [-0.1, -0.05) is 30.4 Å². The number of aromatic nitrogens is 4. The minimum atomic E-state index is -0.562. The first-order chi connectivity index (χ1) is 19.3. The molecule has 0 unspecified atom stereocenters. The number of nitriles is 1. The Bertz CT molecular complexity index is 1760. The SMILES string of the molecule is CN1CCN(C(=O)c2cncc(-c3ccc4ncc5[nH]nc(C6=CCC=C(C(C)(C)C#N)C=C6)c5c4c3)c2)CC1. The van der Waals surface area contributed by atoms with Gasteiger partial charge in [0.15, 0.2) is 0 Å². The average molecular weight is 530 g/mol. The maximum atomic E-state index is 13.2. The van der Waals surface area contributed by atoms with E-state index in [4.69, 9.17) is 0 Å². The number of aromatic amines is 1. The summed E-state index contributed by atoms with van der Waals surface area (Å²) in [5.74, 6) is 0.0176. The number of pyridine rings is 2. The summed E-state index contributed by atoms with van der Waals surface area (Å²) in [5, 5.41) is 19.4. The van der Waals surface area contributed by atoms with E-state index in [0.717, 1.165) is 76.0 Å². The Morgan fingerprint density at radius 2 is 1.85 bits per heavy atom. The van der Waals surface area contributed by atoms with Crippen molar-refractivity contribution in [1.29, 1.82) is 5.26 Å². The maximum Gasteiger partial charge on any atom is 0.255 e. The molecule has 1 aromatic carbocycles. The third-order valence-corrected chi connectivity index (χ3v) is 7.89. The molecule has 200 valence electrons. The summed E-state index contributed by atoms with van der Waals surface area (Å²) in [6.45, 7) is 7.05. The van der Waals surface area contributed by atoms with E-state index >= 15 is 0 Å². The summed E-state index contributed by atoms with van der Waals surface area (Å²) < 4.78 is 0. The van der Waals surface area contributed by atoms with Crippen molar-refractivity contribution in [3.05, 3.63) is 84.0 Å². The van der Waals surface area contributed by atoms with Crippen molar-refractivity contribution in [2.24, 2.45) is 5.41 Å². The second-order valence-corrected chi connectivity index (χ2v) is 11.0. The van der Waals surface area contributed by atoms with Crippen molar-refractivity contribution in [2.75, 3.05) is 33.2 Å². The number of benzene rings is 1. The first-order valence-corrected chi connectivity index (χ1v) is 13.5. The van der Waals surface area contributed by atoms with Crippen molar-refractivity contribution in [1.82, 2.24) is 30.0 Å². The van der Waals surface area contributed by atoms with Crippen LogP contribution >= 0.6 is 0 Å². The molecule has 1 amide bonds.